The van der Waals surface area contributed by atoms with Gasteiger partial charge in [-0.3, -0.25) is 9.69 Å². The Morgan fingerprint density at radius 1 is 1.02 bits per heavy atom. The summed E-state index contributed by atoms with van der Waals surface area (Å²) in [6, 6.07) is 20.2. The smallest absolute Gasteiger partial charge is 0.222 e. The molecule has 2 heterocycles. The Morgan fingerprint density at radius 2 is 1.83 bits per heavy atom. The number of aromatic hydroxyl groups is 1. The third kappa shape index (κ3) is 3.95. The summed E-state index contributed by atoms with van der Waals surface area (Å²) in [5, 5.41) is 24.2. The van der Waals surface area contributed by atoms with Gasteiger partial charge in [0.05, 0.1) is 11.5 Å². The van der Waals surface area contributed by atoms with Crippen molar-refractivity contribution in [2.45, 2.75) is 88.0 Å². The number of carbonyl (C=O) groups is 1. The molecular formula is C36H42N2O4. The molecule has 5 atom stereocenters. The Labute approximate surface area is 248 Å². The average molecular weight is 567 g/mol. The molecule has 1 spiro atoms. The molecule has 6 nitrogen and oxygen atoms in total. The first-order valence-electron chi connectivity index (χ1n) is 15.6. The van der Waals surface area contributed by atoms with Crippen molar-refractivity contribution < 1.29 is 19.7 Å². The first-order valence-corrected chi connectivity index (χ1v) is 15.6. The molecule has 2 fully saturated rings. The summed E-state index contributed by atoms with van der Waals surface area (Å²) >= 11 is 0. The van der Waals surface area contributed by atoms with Crippen molar-refractivity contribution in [3.05, 3.63) is 94.0 Å². The molecule has 0 aromatic heterocycles. The molecular weight excluding hydrogens is 524 g/mol. The molecule has 4 aliphatic rings. The van der Waals surface area contributed by atoms with E-state index in [2.05, 4.69) is 61.2 Å². The fourth-order valence-electron chi connectivity index (χ4n) is 8.87. The van der Waals surface area contributed by atoms with E-state index in [1.807, 2.05) is 24.1 Å². The highest BCUT2D eigenvalue weighted by Gasteiger charge is 2.74. The summed E-state index contributed by atoms with van der Waals surface area (Å²) in [4.78, 5) is 18.1. The van der Waals surface area contributed by atoms with Crippen LogP contribution in [-0.4, -0.2) is 69.8 Å². The molecule has 42 heavy (non-hydrogen) atoms. The molecule has 1 amide bonds. The van der Waals surface area contributed by atoms with E-state index < -0.39 is 11.0 Å². The molecule has 7 rings (SSSR count). The van der Waals surface area contributed by atoms with Crippen molar-refractivity contribution in [2.75, 3.05) is 20.1 Å². The fraction of sp³-hybridized carbons (Fsp3) is 0.472. The number of phenols is 1. The van der Waals surface area contributed by atoms with Gasteiger partial charge in [-0.05, 0) is 92.8 Å². The molecule has 1 saturated carbocycles. The number of benzene rings is 3. The molecule has 2 bridgehead atoms. The molecule has 2 N–H and O–H groups in total. The maximum Gasteiger partial charge on any atom is 0.222 e. The molecule has 2 aliphatic heterocycles. The van der Waals surface area contributed by atoms with E-state index in [1.54, 1.807) is 6.07 Å². The van der Waals surface area contributed by atoms with Crippen molar-refractivity contribution >= 4 is 5.91 Å². The van der Waals surface area contributed by atoms with Gasteiger partial charge in [0.1, 0.15) is 11.7 Å². The maximum absolute atomic E-state index is 13.8. The number of likely N-dealkylation sites (tertiary alicyclic amines) is 1. The fourth-order valence-corrected chi connectivity index (χ4v) is 8.87. The second kappa shape index (κ2) is 10.1. The third-order valence-electron chi connectivity index (χ3n) is 11.1. The Kier molecular flexibility index (Phi) is 6.63. The number of aryl methyl sites for hydroxylation is 3. The SMILES string of the molecule is Cc1ccc(CCC(=O)N(C)C2CCC3Oc4c(O)ccc5c4[C@@]34CCN(CCc3ccccc3)[C@H](C5)[C@]24O)cc1C. The van der Waals surface area contributed by atoms with Gasteiger partial charge in [0, 0.05) is 31.6 Å². The first-order chi connectivity index (χ1) is 20.2. The van der Waals surface area contributed by atoms with Crippen molar-refractivity contribution in [2.24, 2.45) is 0 Å². The average Bonchev–Trinajstić information content (AvgIpc) is 3.33. The van der Waals surface area contributed by atoms with Gasteiger partial charge in [0.15, 0.2) is 11.5 Å². The minimum Gasteiger partial charge on any atom is -0.504 e. The second-order valence-corrected chi connectivity index (χ2v) is 13.1. The van der Waals surface area contributed by atoms with Gasteiger partial charge >= 0.3 is 0 Å². The lowest BCUT2D eigenvalue weighted by atomic mass is 9.47. The van der Waals surface area contributed by atoms with Crippen molar-refractivity contribution in [3.8, 4) is 11.5 Å². The zero-order chi connectivity index (χ0) is 29.2. The van der Waals surface area contributed by atoms with Crippen molar-refractivity contribution in [1.29, 1.82) is 0 Å². The summed E-state index contributed by atoms with van der Waals surface area (Å²) in [6.07, 6.45) is 4.61. The van der Waals surface area contributed by atoms with E-state index in [1.165, 1.54) is 22.3 Å². The number of phenolic OH excluding ortho intramolecular Hbond substituents is 1. The van der Waals surface area contributed by atoms with Gasteiger partial charge in [0.25, 0.3) is 0 Å². The molecule has 220 valence electrons. The van der Waals surface area contributed by atoms with Crippen LogP contribution in [0.15, 0.2) is 60.7 Å². The number of likely N-dealkylation sites (N-methyl/N-ethyl adjacent to an activating group) is 1. The van der Waals surface area contributed by atoms with Gasteiger partial charge in [-0.25, -0.2) is 0 Å². The lowest BCUT2D eigenvalue weighted by Gasteiger charge is -2.66. The predicted octanol–water partition coefficient (Wildman–Crippen LogP) is 4.87. The van der Waals surface area contributed by atoms with Crippen LogP contribution in [0.1, 0.15) is 59.1 Å². The highest BCUT2D eigenvalue weighted by molar-refractivity contribution is 5.77. The molecule has 3 aromatic carbocycles. The summed E-state index contributed by atoms with van der Waals surface area (Å²) in [6.45, 7) is 5.91. The zero-order valence-electron chi connectivity index (χ0n) is 25.0. The highest BCUT2D eigenvalue weighted by atomic mass is 16.5. The van der Waals surface area contributed by atoms with Crippen LogP contribution in [0.3, 0.4) is 0 Å². The lowest BCUT2D eigenvalue weighted by Crippen LogP contribution is -2.81. The number of aliphatic hydroxyl groups is 1. The number of hydrogen-bond acceptors (Lipinski definition) is 5. The van der Waals surface area contributed by atoms with Crippen LogP contribution in [-0.2, 0) is 29.5 Å². The third-order valence-corrected chi connectivity index (χ3v) is 11.1. The summed E-state index contributed by atoms with van der Waals surface area (Å²) in [5.74, 6) is 0.770. The minimum absolute atomic E-state index is 0.0660. The van der Waals surface area contributed by atoms with Crippen LogP contribution >= 0.6 is 0 Å². The van der Waals surface area contributed by atoms with Crippen LogP contribution in [0.5, 0.6) is 11.5 Å². The molecule has 3 aromatic rings. The maximum atomic E-state index is 13.8. The minimum atomic E-state index is -1.19. The van der Waals surface area contributed by atoms with Gasteiger partial charge in [0.2, 0.25) is 5.91 Å². The second-order valence-electron chi connectivity index (χ2n) is 13.1. The quantitative estimate of drug-likeness (QED) is 0.427. The van der Waals surface area contributed by atoms with Crippen molar-refractivity contribution in [3.63, 3.8) is 0 Å². The topological polar surface area (TPSA) is 73.2 Å². The zero-order valence-corrected chi connectivity index (χ0v) is 25.0. The summed E-state index contributed by atoms with van der Waals surface area (Å²) in [5.41, 5.74) is 5.27. The highest BCUT2D eigenvalue weighted by Crippen LogP contribution is 2.66. The van der Waals surface area contributed by atoms with Crippen molar-refractivity contribution in [1.82, 2.24) is 9.80 Å². The van der Waals surface area contributed by atoms with E-state index in [0.717, 1.165) is 43.5 Å². The molecule has 0 radical (unpaired) electrons. The van der Waals surface area contributed by atoms with Gasteiger partial charge in [-0.1, -0.05) is 54.6 Å². The number of rotatable bonds is 7. The van der Waals surface area contributed by atoms with E-state index in [4.69, 9.17) is 4.74 Å². The van der Waals surface area contributed by atoms with Crippen LogP contribution in [0.2, 0.25) is 0 Å². The number of amides is 1. The summed E-state index contributed by atoms with van der Waals surface area (Å²) in [7, 11) is 1.89. The first kappa shape index (κ1) is 27.5. The largest absolute Gasteiger partial charge is 0.504 e. The number of carbonyl (C=O) groups excluding carboxylic acids is 1. The molecule has 2 aliphatic carbocycles. The van der Waals surface area contributed by atoms with Gasteiger partial charge < -0.3 is 19.8 Å². The van der Waals surface area contributed by atoms with E-state index in [0.29, 0.717) is 31.4 Å². The standard InChI is InChI=1S/C36H42N2O4/c1-23-9-10-26(21-24(23)2)11-16-32(40)37(3)29-14-15-31-35-18-20-38(19-17-25-7-5-4-6-8-25)30(36(29,35)41)22-27-12-13-28(39)34(42-31)33(27)35/h4-10,12-13,21,29-31,39,41H,11,14-20,22H2,1-3H3/t29?,30-,31?,35-,36-/m1/s1. The molecule has 2 unspecified atom stereocenters. The van der Waals surface area contributed by atoms with E-state index in [9.17, 15) is 15.0 Å². The van der Waals surface area contributed by atoms with Gasteiger partial charge in [-0.2, -0.15) is 0 Å². The van der Waals surface area contributed by atoms with Gasteiger partial charge in [-0.15, -0.1) is 0 Å². The Bertz CT molecular complexity index is 1520. The Balaban J connectivity index is 1.23. The Morgan fingerprint density at radius 3 is 2.62 bits per heavy atom. The Hall–Kier alpha value is -3.35. The van der Waals surface area contributed by atoms with Crippen LogP contribution in [0, 0.1) is 13.8 Å². The molecule has 6 heteroatoms. The number of ether oxygens (including phenoxy) is 1. The predicted molar refractivity (Wildman–Crippen MR) is 163 cm³/mol. The normalized spacial score (nSPS) is 29.1. The van der Waals surface area contributed by atoms with Crippen LogP contribution in [0.4, 0.5) is 0 Å². The lowest BCUT2D eigenvalue weighted by molar-refractivity contribution is -0.217. The monoisotopic (exact) mass is 566 g/mol. The van der Waals surface area contributed by atoms with Crippen LogP contribution < -0.4 is 4.74 Å². The number of piperidine rings is 1. The van der Waals surface area contributed by atoms with Crippen LogP contribution in [0.25, 0.3) is 0 Å². The van der Waals surface area contributed by atoms with E-state index in [-0.39, 0.29) is 29.8 Å². The summed E-state index contributed by atoms with van der Waals surface area (Å²) < 4.78 is 6.52. The van der Waals surface area contributed by atoms with E-state index >= 15 is 0 Å². The number of nitrogens with zero attached hydrogens (tertiary/aromatic N) is 2. The number of hydrogen-bond donors (Lipinski definition) is 2. The molecule has 1 saturated heterocycles.